The average molecular weight is 300 g/mol. The van der Waals surface area contributed by atoms with Gasteiger partial charge in [0.2, 0.25) is 0 Å². The maximum absolute atomic E-state index is 12.9. The Morgan fingerprint density at radius 2 is 1.68 bits per heavy atom. The van der Waals surface area contributed by atoms with Crippen LogP contribution in [0, 0.1) is 5.82 Å². The Hall–Kier alpha value is -2.69. The highest BCUT2D eigenvalue weighted by Crippen LogP contribution is 2.12. The quantitative estimate of drug-likeness (QED) is 0.680. The Morgan fingerprint density at radius 3 is 2.27 bits per heavy atom. The molecule has 0 bridgehead atoms. The van der Waals surface area contributed by atoms with Crippen LogP contribution < -0.4 is 10.2 Å². The first-order valence-electron chi connectivity index (χ1n) is 6.93. The second-order valence-electron chi connectivity index (χ2n) is 4.60. The van der Waals surface area contributed by atoms with Crippen molar-refractivity contribution in [3.63, 3.8) is 0 Å². The van der Waals surface area contributed by atoms with Gasteiger partial charge >= 0.3 is 0 Å². The molecule has 2 rings (SSSR count). The number of ether oxygens (including phenoxy) is 1. The number of nitrogens with one attached hydrogen (secondary N) is 1. The smallest absolute Gasteiger partial charge is 0.271 e. The lowest BCUT2D eigenvalue weighted by atomic mass is 10.1. The molecule has 114 valence electrons. The van der Waals surface area contributed by atoms with E-state index >= 15 is 0 Å². The molecule has 1 amide bonds. The maximum Gasteiger partial charge on any atom is 0.271 e. The minimum absolute atomic E-state index is 0.310. The Kier molecular flexibility index (Phi) is 5.25. The minimum Gasteiger partial charge on any atom is -0.494 e. The van der Waals surface area contributed by atoms with Crippen molar-refractivity contribution < 1.29 is 13.9 Å². The standard InChI is InChI=1S/C17H17FN2O2/c1-3-22-16-10-6-14(7-11-16)17(21)20-19-12(2)13-4-8-15(18)9-5-13/h4-11H,3H2,1-2H3,(H,20,21)/b19-12+. The van der Waals surface area contributed by atoms with E-state index in [1.54, 1.807) is 43.3 Å². The van der Waals surface area contributed by atoms with Gasteiger partial charge in [-0.2, -0.15) is 5.10 Å². The van der Waals surface area contributed by atoms with Crippen LogP contribution in [-0.2, 0) is 0 Å². The van der Waals surface area contributed by atoms with Crippen LogP contribution in [0.4, 0.5) is 4.39 Å². The van der Waals surface area contributed by atoms with E-state index < -0.39 is 0 Å². The van der Waals surface area contributed by atoms with Gasteiger partial charge in [0.25, 0.3) is 5.91 Å². The molecule has 22 heavy (non-hydrogen) atoms. The molecule has 0 heterocycles. The molecule has 0 radical (unpaired) electrons. The van der Waals surface area contributed by atoms with Crippen molar-refractivity contribution in [3.8, 4) is 5.75 Å². The Bertz CT molecular complexity index is 664. The molecule has 0 aromatic heterocycles. The van der Waals surface area contributed by atoms with Crippen LogP contribution in [0.5, 0.6) is 5.75 Å². The van der Waals surface area contributed by atoms with Crippen molar-refractivity contribution in [1.29, 1.82) is 0 Å². The number of hydrogen-bond donors (Lipinski definition) is 1. The fourth-order valence-electron chi connectivity index (χ4n) is 1.82. The normalized spacial score (nSPS) is 11.1. The second-order valence-corrected chi connectivity index (χ2v) is 4.60. The van der Waals surface area contributed by atoms with Gasteiger partial charge in [-0.25, -0.2) is 9.82 Å². The molecular formula is C17H17FN2O2. The van der Waals surface area contributed by atoms with Crippen molar-refractivity contribution in [2.75, 3.05) is 6.61 Å². The lowest BCUT2D eigenvalue weighted by Crippen LogP contribution is -2.19. The number of halogens is 1. The molecule has 2 aromatic carbocycles. The van der Waals surface area contributed by atoms with Crippen LogP contribution in [0.1, 0.15) is 29.8 Å². The van der Waals surface area contributed by atoms with Gasteiger partial charge in [-0.05, 0) is 55.8 Å². The Morgan fingerprint density at radius 1 is 1.09 bits per heavy atom. The van der Waals surface area contributed by atoms with Gasteiger partial charge in [-0.1, -0.05) is 12.1 Å². The van der Waals surface area contributed by atoms with E-state index in [0.29, 0.717) is 23.6 Å². The van der Waals surface area contributed by atoms with Crippen LogP contribution >= 0.6 is 0 Å². The van der Waals surface area contributed by atoms with Crippen molar-refractivity contribution in [2.45, 2.75) is 13.8 Å². The monoisotopic (exact) mass is 300 g/mol. The summed E-state index contributed by atoms with van der Waals surface area (Å²) in [6.07, 6.45) is 0. The highest BCUT2D eigenvalue weighted by Gasteiger charge is 2.05. The summed E-state index contributed by atoms with van der Waals surface area (Å²) in [5.74, 6) is 0.0875. The molecule has 0 unspecified atom stereocenters. The molecule has 0 aliphatic carbocycles. The third-order valence-electron chi connectivity index (χ3n) is 3.01. The fraction of sp³-hybridized carbons (Fsp3) is 0.176. The first-order valence-corrected chi connectivity index (χ1v) is 6.93. The zero-order valence-corrected chi connectivity index (χ0v) is 12.5. The van der Waals surface area contributed by atoms with Crippen molar-refractivity contribution in [3.05, 3.63) is 65.5 Å². The van der Waals surface area contributed by atoms with Gasteiger partial charge in [0, 0.05) is 5.56 Å². The molecule has 0 fully saturated rings. The van der Waals surface area contributed by atoms with E-state index in [0.717, 1.165) is 5.56 Å². The van der Waals surface area contributed by atoms with Crippen LogP contribution in [0.3, 0.4) is 0 Å². The number of hydrazone groups is 1. The minimum atomic E-state index is -0.315. The summed E-state index contributed by atoms with van der Waals surface area (Å²) in [5.41, 5.74) is 4.30. The Balaban J connectivity index is 2.01. The molecule has 0 aliphatic rings. The number of benzene rings is 2. The number of carbonyl (C=O) groups excluding carboxylic acids is 1. The molecule has 0 spiro atoms. The third kappa shape index (κ3) is 4.15. The van der Waals surface area contributed by atoms with Gasteiger partial charge in [0.15, 0.2) is 0 Å². The SMILES string of the molecule is CCOc1ccc(C(=O)N/N=C(\C)c2ccc(F)cc2)cc1. The summed E-state index contributed by atoms with van der Waals surface area (Å²) < 4.78 is 18.2. The number of amides is 1. The van der Waals surface area contributed by atoms with Crippen molar-refractivity contribution >= 4 is 11.6 Å². The molecule has 5 heteroatoms. The summed E-state index contributed by atoms with van der Waals surface area (Å²) in [4.78, 5) is 12.0. The largest absolute Gasteiger partial charge is 0.494 e. The number of nitrogens with zero attached hydrogens (tertiary/aromatic N) is 1. The van der Waals surface area contributed by atoms with E-state index in [-0.39, 0.29) is 11.7 Å². The van der Waals surface area contributed by atoms with Gasteiger partial charge in [0.1, 0.15) is 11.6 Å². The van der Waals surface area contributed by atoms with E-state index in [4.69, 9.17) is 4.74 Å². The van der Waals surface area contributed by atoms with Crippen LogP contribution in [-0.4, -0.2) is 18.2 Å². The predicted molar refractivity (Wildman–Crippen MR) is 83.7 cm³/mol. The summed E-state index contributed by atoms with van der Waals surface area (Å²) >= 11 is 0. The lowest BCUT2D eigenvalue weighted by Gasteiger charge is -2.05. The molecule has 2 aromatic rings. The van der Waals surface area contributed by atoms with E-state index in [1.807, 2.05) is 6.92 Å². The van der Waals surface area contributed by atoms with Crippen molar-refractivity contribution in [2.24, 2.45) is 5.10 Å². The highest BCUT2D eigenvalue weighted by atomic mass is 19.1. The van der Waals surface area contributed by atoms with E-state index in [2.05, 4.69) is 10.5 Å². The first-order chi connectivity index (χ1) is 10.6. The van der Waals surface area contributed by atoms with Gasteiger partial charge in [-0.3, -0.25) is 4.79 Å². The molecule has 0 aliphatic heterocycles. The number of hydrogen-bond acceptors (Lipinski definition) is 3. The molecule has 0 saturated carbocycles. The van der Waals surface area contributed by atoms with Crippen LogP contribution in [0.2, 0.25) is 0 Å². The van der Waals surface area contributed by atoms with E-state index in [9.17, 15) is 9.18 Å². The van der Waals surface area contributed by atoms with Gasteiger partial charge < -0.3 is 4.74 Å². The summed E-state index contributed by atoms with van der Waals surface area (Å²) in [6, 6.07) is 12.7. The van der Waals surface area contributed by atoms with Crippen LogP contribution in [0.15, 0.2) is 53.6 Å². The zero-order valence-electron chi connectivity index (χ0n) is 12.5. The zero-order chi connectivity index (χ0) is 15.9. The average Bonchev–Trinajstić information content (AvgIpc) is 2.54. The first kappa shape index (κ1) is 15.7. The van der Waals surface area contributed by atoms with Gasteiger partial charge in [0.05, 0.1) is 12.3 Å². The number of carbonyl (C=O) groups is 1. The second kappa shape index (κ2) is 7.36. The Labute approximate surface area is 128 Å². The van der Waals surface area contributed by atoms with Crippen molar-refractivity contribution in [1.82, 2.24) is 5.43 Å². The fourth-order valence-corrected chi connectivity index (χ4v) is 1.82. The highest BCUT2D eigenvalue weighted by molar-refractivity contribution is 6.00. The maximum atomic E-state index is 12.9. The van der Waals surface area contributed by atoms with Gasteiger partial charge in [-0.15, -0.1) is 0 Å². The number of rotatable bonds is 5. The molecule has 4 nitrogen and oxygen atoms in total. The summed E-state index contributed by atoms with van der Waals surface area (Å²) in [7, 11) is 0. The summed E-state index contributed by atoms with van der Waals surface area (Å²) in [6.45, 7) is 4.21. The predicted octanol–water partition coefficient (Wildman–Crippen LogP) is 3.38. The third-order valence-corrected chi connectivity index (χ3v) is 3.01. The molecule has 1 N–H and O–H groups in total. The van der Waals surface area contributed by atoms with E-state index in [1.165, 1.54) is 12.1 Å². The summed E-state index contributed by atoms with van der Waals surface area (Å²) in [5, 5.41) is 4.02. The molecule has 0 atom stereocenters. The van der Waals surface area contributed by atoms with Crippen LogP contribution in [0.25, 0.3) is 0 Å². The molecular weight excluding hydrogens is 283 g/mol. The topological polar surface area (TPSA) is 50.7 Å². The molecule has 0 saturated heterocycles. The lowest BCUT2D eigenvalue weighted by molar-refractivity contribution is 0.0955.